The van der Waals surface area contributed by atoms with Crippen LogP contribution in [0.25, 0.3) is 0 Å². The smallest absolute Gasteiger partial charge is 0.307 e. The number of halogens is 1. The molecule has 0 unspecified atom stereocenters. The molecule has 0 aromatic rings. The van der Waals surface area contributed by atoms with E-state index < -0.39 is 20.1 Å². The molecule has 0 atom stereocenters. The lowest BCUT2D eigenvalue weighted by Gasteiger charge is -1.93. The molecule has 7 heavy (non-hydrogen) atoms. The Hall–Kier alpha value is 0.240. The van der Waals surface area contributed by atoms with Gasteiger partial charge in [-0.2, -0.15) is 0 Å². The SMILES string of the molecule is C=O.[O-][I+3]([O-])([O-])O. The first-order chi connectivity index (χ1) is 3.00. The summed E-state index contributed by atoms with van der Waals surface area (Å²) in [5.74, 6) is 0. The van der Waals surface area contributed by atoms with Crippen LogP contribution < -0.4 is 30.4 Å². The first kappa shape index (κ1) is 10.3. The molecule has 0 amide bonds. The molecule has 0 radical (unpaired) electrons. The van der Waals surface area contributed by atoms with E-state index in [0.29, 0.717) is 0 Å². The lowest BCUT2D eigenvalue weighted by Crippen LogP contribution is -4.23. The maximum absolute atomic E-state index is 8.73. The summed E-state index contributed by atoms with van der Waals surface area (Å²) in [6.07, 6.45) is 0. The van der Waals surface area contributed by atoms with Crippen LogP contribution in [0.5, 0.6) is 0 Å². The quantitative estimate of drug-likeness (QED) is 0.409. The highest BCUT2D eigenvalue weighted by molar-refractivity contribution is 5.10. The highest BCUT2D eigenvalue weighted by Crippen LogP contribution is 0.495. The van der Waals surface area contributed by atoms with Gasteiger partial charge in [0.15, 0.2) is 0 Å². The molecular formula is CH3IO5. The molecule has 44 valence electrons. The van der Waals surface area contributed by atoms with Gasteiger partial charge in [0.2, 0.25) is 0 Å². The summed E-state index contributed by atoms with van der Waals surface area (Å²) in [6, 6.07) is 0. The third-order valence-corrected chi connectivity index (χ3v) is 0. The normalized spacial score (nSPS) is 9.14. The Bertz CT molecular complexity index is 31.8. The fourth-order valence-electron chi connectivity index (χ4n) is 0. The summed E-state index contributed by atoms with van der Waals surface area (Å²) in [6.45, 7) is 2.00. The Morgan fingerprint density at radius 2 is 1.29 bits per heavy atom. The van der Waals surface area contributed by atoms with Gasteiger partial charge in [-0.3, -0.25) is 10.3 Å². The fraction of sp³-hybridized carbons (Fsp3) is 0. The molecule has 0 spiro atoms. The van der Waals surface area contributed by atoms with Crippen LogP contribution in [0.1, 0.15) is 0 Å². The number of carbonyl (C=O) groups is 1. The first-order valence-corrected chi connectivity index (χ1v) is 4.53. The van der Waals surface area contributed by atoms with E-state index in [1.54, 1.807) is 0 Å². The number of rotatable bonds is 0. The van der Waals surface area contributed by atoms with E-state index in [-0.39, 0.29) is 0 Å². The monoisotopic (exact) mass is 222 g/mol. The van der Waals surface area contributed by atoms with Crippen molar-refractivity contribution in [2.75, 3.05) is 0 Å². The van der Waals surface area contributed by atoms with Gasteiger partial charge in [-0.05, 0) is 0 Å². The maximum atomic E-state index is 8.73. The van der Waals surface area contributed by atoms with Crippen molar-refractivity contribution in [3.05, 3.63) is 0 Å². The molecule has 0 aliphatic heterocycles. The molecule has 0 aliphatic carbocycles. The van der Waals surface area contributed by atoms with Gasteiger partial charge < -0.3 is 4.79 Å². The van der Waals surface area contributed by atoms with Crippen molar-refractivity contribution >= 4 is 6.79 Å². The van der Waals surface area contributed by atoms with Crippen LogP contribution in [0.15, 0.2) is 0 Å². The van der Waals surface area contributed by atoms with Crippen LogP contribution in [0, 0.1) is 0 Å². The second kappa shape index (κ2) is 4.40. The number of hydrogen-bond donors (Lipinski definition) is 1. The first-order valence-electron chi connectivity index (χ1n) is 0.921. The molecule has 0 aliphatic rings. The van der Waals surface area contributed by atoms with Crippen LogP contribution in [-0.2, 0) is 4.79 Å². The average molecular weight is 222 g/mol. The second-order valence-electron chi connectivity index (χ2n) is 0.396. The summed E-state index contributed by atoms with van der Waals surface area (Å²) in [5, 5.41) is 0. The molecule has 5 nitrogen and oxygen atoms in total. The summed E-state index contributed by atoms with van der Waals surface area (Å²) in [7, 11) is 0. The van der Waals surface area contributed by atoms with Gasteiger partial charge in [0, 0.05) is 3.44 Å². The molecule has 0 heterocycles. The minimum absolute atomic E-state index is 2.00. The third kappa shape index (κ3) is 1950. The lowest BCUT2D eigenvalue weighted by atomic mass is 11.9. The van der Waals surface area contributed by atoms with Gasteiger partial charge in [-0.15, -0.1) is 0 Å². The molecule has 6 heteroatoms. The Labute approximate surface area is 45.9 Å². The molecule has 0 saturated carbocycles. The zero-order chi connectivity index (χ0) is 6.50. The Morgan fingerprint density at radius 1 is 1.29 bits per heavy atom. The number of carbonyl (C=O) groups excluding carboxylic acids is 1. The van der Waals surface area contributed by atoms with Crippen LogP contribution >= 0.6 is 0 Å². The van der Waals surface area contributed by atoms with Crippen LogP contribution in [0.4, 0.5) is 0 Å². The van der Waals surface area contributed by atoms with Crippen molar-refractivity contribution in [3.8, 4) is 0 Å². The van der Waals surface area contributed by atoms with Gasteiger partial charge in [-0.1, -0.05) is 0 Å². The second-order valence-corrected chi connectivity index (χ2v) is 2.66. The van der Waals surface area contributed by atoms with Gasteiger partial charge in [0.1, 0.15) is 6.79 Å². The van der Waals surface area contributed by atoms with Gasteiger partial charge in [0.05, 0.1) is 0 Å². The van der Waals surface area contributed by atoms with Crippen molar-refractivity contribution in [1.29, 1.82) is 0 Å². The average Bonchev–Trinajstić information content (AvgIpc) is 1.36. The fourth-order valence-corrected chi connectivity index (χ4v) is 0. The lowest BCUT2D eigenvalue weighted by molar-refractivity contribution is -1.92. The zero-order valence-electron chi connectivity index (χ0n) is 3.17. The molecule has 0 rings (SSSR count). The van der Waals surface area contributed by atoms with Crippen LogP contribution in [0.2, 0.25) is 0 Å². The zero-order valence-corrected chi connectivity index (χ0v) is 5.32. The topological polar surface area (TPSA) is 106 Å². The highest BCUT2D eigenvalue weighted by Gasteiger charge is 2.11. The number of hydrogen-bond acceptors (Lipinski definition) is 5. The van der Waals surface area contributed by atoms with Gasteiger partial charge in [0.25, 0.3) is 0 Å². The molecule has 0 fully saturated rings. The predicted molar refractivity (Wildman–Crippen MR) is 9.34 cm³/mol. The molecule has 1 N–H and O–H groups in total. The minimum Gasteiger partial charge on any atom is -0.307 e. The Kier molecular flexibility index (Phi) is 6.45. The Morgan fingerprint density at radius 3 is 1.29 bits per heavy atom. The van der Waals surface area contributed by atoms with E-state index in [0.717, 1.165) is 0 Å². The highest BCUT2D eigenvalue weighted by atomic mass is 127. The van der Waals surface area contributed by atoms with Crippen molar-refractivity contribution in [2.45, 2.75) is 0 Å². The van der Waals surface area contributed by atoms with Gasteiger partial charge in [-0.25, -0.2) is 0 Å². The molecule has 0 saturated heterocycles. The van der Waals surface area contributed by atoms with Crippen LogP contribution in [-0.4, -0.2) is 10.2 Å². The van der Waals surface area contributed by atoms with E-state index in [1.807, 2.05) is 6.79 Å². The summed E-state index contributed by atoms with van der Waals surface area (Å²) in [5.41, 5.74) is 0. The minimum atomic E-state index is -5.69. The molecular weight excluding hydrogens is 219 g/mol. The largest absolute Gasteiger partial charge is 0.368 e. The predicted octanol–water partition coefficient (Wildman–Crippen LogP) is -7.30. The molecule has 0 bridgehead atoms. The Balaban J connectivity index is 0. The summed E-state index contributed by atoms with van der Waals surface area (Å²) in [4.78, 5) is 8.00. The van der Waals surface area contributed by atoms with E-state index in [1.165, 1.54) is 0 Å². The van der Waals surface area contributed by atoms with E-state index in [4.69, 9.17) is 18.5 Å². The van der Waals surface area contributed by atoms with Crippen molar-refractivity contribution in [3.63, 3.8) is 0 Å². The van der Waals surface area contributed by atoms with Gasteiger partial charge >= 0.3 is 20.1 Å². The summed E-state index contributed by atoms with van der Waals surface area (Å²) >= 11 is -5.69. The van der Waals surface area contributed by atoms with Crippen molar-refractivity contribution in [2.24, 2.45) is 0 Å². The van der Waals surface area contributed by atoms with E-state index in [9.17, 15) is 0 Å². The molecule has 0 aromatic carbocycles. The maximum Gasteiger partial charge on any atom is 0.368 e. The summed E-state index contributed by atoms with van der Waals surface area (Å²) < 4.78 is 33.2. The van der Waals surface area contributed by atoms with Crippen molar-refractivity contribution < 1.29 is 38.6 Å². The van der Waals surface area contributed by atoms with Crippen LogP contribution in [0.3, 0.4) is 0 Å². The third-order valence-electron chi connectivity index (χ3n) is 0. The van der Waals surface area contributed by atoms with Crippen molar-refractivity contribution in [1.82, 2.24) is 0 Å². The standard InChI is InChI=1S/CH2O.HIO4/c1-2;2-1(3,4)5/h1H2;2H. The van der Waals surface area contributed by atoms with E-state index in [2.05, 4.69) is 0 Å². The van der Waals surface area contributed by atoms with E-state index >= 15 is 0 Å². The molecule has 0 aromatic heterocycles.